The molecular formula is C12H18N4O2S. The molecule has 1 rings (SSSR count). The quantitative estimate of drug-likeness (QED) is 0.589. The molecule has 0 bridgehead atoms. The first-order valence-electron chi connectivity index (χ1n) is 6.03. The Bertz CT molecular complexity index is 491. The van der Waals surface area contributed by atoms with Crippen LogP contribution in [0.25, 0.3) is 0 Å². The Morgan fingerprint density at radius 3 is 2.53 bits per heavy atom. The Kier molecular flexibility index (Phi) is 5.62. The zero-order chi connectivity index (χ0) is 14.4. The highest BCUT2D eigenvalue weighted by Crippen LogP contribution is 2.20. The molecule has 0 fully saturated rings. The first kappa shape index (κ1) is 15.3. The Morgan fingerprint density at radius 2 is 2.05 bits per heavy atom. The second-order valence-electron chi connectivity index (χ2n) is 3.85. The van der Waals surface area contributed by atoms with Crippen LogP contribution in [0.2, 0.25) is 0 Å². The van der Waals surface area contributed by atoms with Crippen molar-refractivity contribution in [2.75, 3.05) is 19.0 Å². The first-order valence-corrected chi connectivity index (χ1v) is 6.44. The van der Waals surface area contributed by atoms with Crippen LogP contribution in [0.15, 0.2) is 0 Å². The summed E-state index contributed by atoms with van der Waals surface area (Å²) in [5.41, 5.74) is 8.26. The van der Waals surface area contributed by atoms with Crippen LogP contribution < -0.4 is 11.1 Å². The number of nitrogens with one attached hydrogen (secondary N) is 1. The molecule has 0 unspecified atom stereocenters. The monoisotopic (exact) mass is 282 g/mol. The van der Waals surface area contributed by atoms with E-state index in [9.17, 15) is 4.79 Å². The number of hydrogen-bond donors (Lipinski definition) is 2. The molecule has 1 aromatic heterocycles. The average molecular weight is 282 g/mol. The molecule has 0 saturated carbocycles. The zero-order valence-corrected chi connectivity index (χ0v) is 12.1. The van der Waals surface area contributed by atoms with Crippen molar-refractivity contribution in [1.29, 1.82) is 0 Å². The molecule has 0 saturated heterocycles. The summed E-state index contributed by atoms with van der Waals surface area (Å²) in [4.78, 5) is 11.4. The van der Waals surface area contributed by atoms with Gasteiger partial charge < -0.3 is 15.8 Å². The van der Waals surface area contributed by atoms with E-state index in [0.29, 0.717) is 11.4 Å². The third-order valence-electron chi connectivity index (χ3n) is 2.72. The van der Waals surface area contributed by atoms with Crippen LogP contribution in [0.4, 0.5) is 5.82 Å². The van der Waals surface area contributed by atoms with Crippen molar-refractivity contribution in [2.24, 2.45) is 5.73 Å². The zero-order valence-electron chi connectivity index (χ0n) is 11.3. The molecule has 0 amide bonds. The number of nitrogens with zero attached hydrogens (tertiary/aromatic N) is 2. The molecule has 1 heterocycles. The number of aromatic nitrogens is 2. The molecule has 0 aliphatic rings. The predicted molar refractivity (Wildman–Crippen MR) is 77.2 cm³/mol. The second kappa shape index (κ2) is 6.98. The van der Waals surface area contributed by atoms with E-state index in [-0.39, 0.29) is 11.5 Å². The number of nitrogens with two attached hydrogens (primary N) is 1. The van der Waals surface area contributed by atoms with Gasteiger partial charge in [0.1, 0.15) is 11.5 Å². The lowest BCUT2D eigenvalue weighted by Gasteiger charge is -2.14. The minimum Gasteiger partial charge on any atom is -0.468 e. The summed E-state index contributed by atoms with van der Waals surface area (Å²) in [7, 11) is 1.32. The van der Waals surface area contributed by atoms with Gasteiger partial charge in [0, 0.05) is 0 Å². The summed E-state index contributed by atoms with van der Waals surface area (Å²) >= 11 is 5.07. The number of carbonyl (C=O) groups is 1. The van der Waals surface area contributed by atoms with Crippen LogP contribution in [0.1, 0.15) is 30.7 Å². The third-order valence-corrected chi connectivity index (χ3v) is 2.92. The van der Waals surface area contributed by atoms with Crippen LogP contribution in [0.3, 0.4) is 0 Å². The standard InChI is InChI=1S/C12H18N4O2S/c1-4-7-8(5-2)15-16-12(10(7)11(13)19)14-6-9(17)18-3/h4-6H2,1-3H3,(H2,13,19)(H,14,16). The van der Waals surface area contributed by atoms with Gasteiger partial charge in [-0.1, -0.05) is 26.1 Å². The fourth-order valence-corrected chi connectivity index (χ4v) is 2.01. The molecule has 3 N–H and O–H groups in total. The van der Waals surface area contributed by atoms with Gasteiger partial charge in [-0.15, -0.1) is 5.10 Å². The van der Waals surface area contributed by atoms with E-state index in [0.717, 1.165) is 24.1 Å². The molecule has 0 atom stereocenters. The number of ether oxygens (including phenoxy) is 1. The van der Waals surface area contributed by atoms with Gasteiger partial charge in [0.25, 0.3) is 0 Å². The number of rotatable bonds is 6. The Hall–Kier alpha value is -1.76. The summed E-state index contributed by atoms with van der Waals surface area (Å²) in [6.45, 7) is 3.99. The van der Waals surface area contributed by atoms with Crippen molar-refractivity contribution >= 4 is 29.0 Å². The van der Waals surface area contributed by atoms with Crippen molar-refractivity contribution in [3.63, 3.8) is 0 Å². The Balaban J connectivity index is 3.17. The highest BCUT2D eigenvalue weighted by Gasteiger charge is 2.17. The van der Waals surface area contributed by atoms with Gasteiger partial charge in [-0.05, 0) is 18.4 Å². The van der Waals surface area contributed by atoms with E-state index in [4.69, 9.17) is 18.0 Å². The predicted octanol–water partition coefficient (Wildman–Crippen LogP) is 0.820. The Labute approximate surface area is 117 Å². The summed E-state index contributed by atoms with van der Waals surface area (Å²) in [5.74, 6) is 0.0280. The number of anilines is 1. The SMILES string of the molecule is CCc1nnc(NCC(=O)OC)c(C(N)=S)c1CC. The number of aryl methyl sites for hydroxylation is 1. The van der Waals surface area contributed by atoms with Gasteiger partial charge in [-0.3, -0.25) is 4.79 Å². The topological polar surface area (TPSA) is 90.1 Å². The van der Waals surface area contributed by atoms with Crippen molar-refractivity contribution in [3.05, 3.63) is 16.8 Å². The molecular weight excluding hydrogens is 264 g/mol. The van der Waals surface area contributed by atoms with Crippen LogP contribution in [-0.2, 0) is 22.4 Å². The van der Waals surface area contributed by atoms with Gasteiger partial charge in [-0.25, -0.2) is 0 Å². The lowest BCUT2D eigenvalue weighted by Crippen LogP contribution is -2.22. The highest BCUT2D eigenvalue weighted by atomic mass is 32.1. The maximum Gasteiger partial charge on any atom is 0.325 e. The lowest BCUT2D eigenvalue weighted by molar-refractivity contribution is -0.138. The molecule has 0 radical (unpaired) electrons. The van der Waals surface area contributed by atoms with Crippen molar-refractivity contribution in [3.8, 4) is 0 Å². The van der Waals surface area contributed by atoms with Crippen LogP contribution in [0.5, 0.6) is 0 Å². The maximum absolute atomic E-state index is 11.1. The maximum atomic E-state index is 11.1. The van der Waals surface area contributed by atoms with Gasteiger partial charge in [-0.2, -0.15) is 5.10 Å². The molecule has 0 aliphatic heterocycles. The Morgan fingerprint density at radius 1 is 1.37 bits per heavy atom. The van der Waals surface area contributed by atoms with E-state index in [1.54, 1.807) is 0 Å². The van der Waals surface area contributed by atoms with E-state index >= 15 is 0 Å². The molecule has 6 nitrogen and oxygen atoms in total. The first-order chi connectivity index (χ1) is 9.04. The summed E-state index contributed by atoms with van der Waals surface area (Å²) in [6, 6.07) is 0. The van der Waals surface area contributed by atoms with Crippen molar-refractivity contribution in [2.45, 2.75) is 26.7 Å². The molecule has 0 spiro atoms. The van der Waals surface area contributed by atoms with E-state index < -0.39 is 5.97 Å². The average Bonchev–Trinajstić information content (AvgIpc) is 2.42. The summed E-state index contributed by atoms with van der Waals surface area (Å²) in [5, 5.41) is 11.0. The van der Waals surface area contributed by atoms with E-state index in [2.05, 4.69) is 20.3 Å². The second-order valence-corrected chi connectivity index (χ2v) is 4.29. The summed E-state index contributed by atoms with van der Waals surface area (Å²) in [6.07, 6.45) is 1.50. The fraction of sp³-hybridized carbons (Fsp3) is 0.500. The van der Waals surface area contributed by atoms with Crippen LogP contribution in [0, 0.1) is 0 Å². The molecule has 0 aromatic carbocycles. The number of carbonyl (C=O) groups excluding carboxylic acids is 1. The van der Waals surface area contributed by atoms with Gasteiger partial charge in [0.05, 0.1) is 18.4 Å². The molecule has 7 heteroatoms. The highest BCUT2D eigenvalue weighted by molar-refractivity contribution is 7.80. The smallest absolute Gasteiger partial charge is 0.325 e. The number of thiocarbonyl (C=S) groups is 1. The van der Waals surface area contributed by atoms with Crippen LogP contribution in [-0.4, -0.2) is 34.8 Å². The number of hydrogen-bond acceptors (Lipinski definition) is 6. The van der Waals surface area contributed by atoms with Gasteiger partial charge >= 0.3 is 5.97 Å². The molecule has 0 aliphatic carbocycles. The third kappa shape index (κ3) is 3.60. The van der Waals surface area contributed by atoms with Crippen molar-refractivity contribution in [1.82, 2.24) is 10.2 Å². The lowest BCUT2D eigenvalue weighted by atomic mass is 10.0. The fourth-order valence-electron chi connectivity index (χ4n) is 1.79. The molecule has 19 heavy (non-hydrogen) atoms. The van der Waals surface area contributed by atoms with Gasteiger partial charge in [0.2, 0.25) is 0 Å². The normalized spacial score (nSPS) is 10.1. The van der Waals surface area contributed by atoms with E-state index in [1.807, 2.05) is 13.8 Å². The minimum atomic E-state index is -0.395. The number of esters is 1. The summed E-state index contributed by atoms with van der Waals surface area (Å²) < 4.78 is 4.56. The minimum absolute atomic E-state index is 0.00454. The molecule has 1 aromatic rings. The van der Waals surface area contributed by atoms with Crippen molar-refractivity contribution < 1.29 is 9.53 Å². The molecule has 104 valence electrons. The van der Waals surface area contributed by atoms with Gasteiger partial charge in [0.15, 0.2) is 5.82 Å². The van der Waals surface area contributed by atoms with Crippen LogP contribution >= 0.6 is 12.2 Å². The largest absolute Gasteiger partial charge is 0.468 e. The number of methoxy groups -OCH3 is 1. The van der Waals surface area contributed by atoms with E-state index in [1.165, 1.54) is 7.11 Å².